The summed E-state index contributed by atoms with van der Waals surface area (Å²) in [5.41, 5.74) is 5.99. The number of hydrogen-bond acceptors (Lipinski definition) is 3. The largest absolute Gasteiger partial charge is 0.487 e. The maximum absolute atomic E-state index is 6.16. The van der Waals surface area contributed by atoms with Gasteiger partial charge in [0.15, 0.2) is 0 Å². The molecule has 0 aromatic heterocycles. The standard InChI is InChI=1S/C15H20BrNO2S/c1-14(2)8-12(15(3,4)19-14)18-11-6-5-9(16)7-10(11)13(17)20/h5-7,12H,8H2,1-4H3,(H2,17,20). The van der Waals surface area contributed by atoms with Crippen LogP contribution in [-0.4, -0.2) is 22.3 Å². The summed E-state index contributed by atoms with van der Waals surface area (Å²) in [5.74, 6) is 0.708. The molecular formula is C15H20BrNO2S. The number of benzene rings is 1. The van der Waals surface area contributed by atoms with Crippen molar-refractivity contribution in [1.82, 2.24) is 0 Å². The number of nitrogens with two attached hydrogens (primary N) is 1. The normalized spacial score (nSPS) is 23.6. The molecule has 1 saturated heterocycles. The minimum atomic E-state index is -0.343. The van der Waals surface area contributed by atoms with Crippen molar-refractivity contribution in [2.45, 2.75) is 51.4 Å². The maximum atomic E-state index is 6.16. The smallest absolute Gasteiger partial charge is 0.130 e. The Kier molecular flexibility index (Phi) is 4.15. The van der Waals surface area contributed by atoms with Crippen LogP contribution in [0.25, 0.3) is 0 Å². The molecule has 1 heterocycles. The third-order valence-corrected chi connectivity index (χ3v) is 4.18. The van der Waals surface area contributed by atoms with Crippen LogP contribution in [0.3, 0.4) is 0 Å². The number of halogens is 1. The Morgan fingerprint density at radius 2 is 2.05 bits per heavy atom. The fourth-order valence-electron chi connectivity index (χ4n) is 2.65. The van der Waals surface area contributed by atoms with Gasteiger partial charge in [-0.1, -0.05) is 28.1 Å². The average molecular weight is 358 g/mol. The summed E-state index contributed by atoms with van der Waals surface area (Å²) in [4.78, 5) is 0.331. The zero-order valence-electron chi connectivity index (χ0n) is 12.2. The number of thiocarbonyl (C=S) groups is 1. The summed E-state index contributed by atoms with van der Waals surface area (Å²) in [7, 11) is 0. The van der Waals surface area contributed by atoms with Gasteiger partial charge in [0.25, 0.3) is 0 Å². The van der Waals surface area contributed by atoms with Crippen LogP contribution >= 0.6 is 28.1 Å². The molecule has 0 aliphatic carbocycles. The van der Waals surface area contributed by atoms with E-state index in [1.165, 1.54) is 0 Å². The van der Waals surface area contributed by atoms with Crippen molar-refractivity contribution in [3.63, 3.8) is 0 Å². The Hall–Kier alpha value is -0.650. The van der Waals surface area contributed by atoms with Gasteiger partial charge in [0.2, 0.25) is 0 Å². The third-order valence-electron chi connectivity index (χ3n) is 3.47. The van der Waals surface area contributed by atoms with Crippen LogP contribution in [0.5, 0.6) is 5.75 Å². The summed E-state index contributed by atoms with van der Waals surface area (Å²) in [6, 6.07) is 5.69. The highest BCUT2D eigenvalue weighted by Gasteiger charge is 2.47. The van der Waals surface area contributed by atoms with E-state index in [-0.39, 0.29) is 17.3 Å². The third kappa shape index (κ3) is 3.32. The molecular weight excluding hydrogens is 338 g/mol. The molecule has 3 nitrogen and oxygen atoms in total. The molecule has 5 heteroatoms. The van der Waals surface area contributed by atoms with E-state index < -0.39 is 0 Å². The van der Waals surface area contributed by atoms with Crippen LogP contribution in [0, 0.1) is 0 Å². The van der Waals surface area contributed by atoms with E-state index in [0.29, 0.717) is 10.7 Å². The molecule has 110 valence electrons. The molecule has 1 aromatic carbocycles. The first-order valence-corrected chi connectivity index (χ1v) is 7.77. The molecule has 1 fully saturated rings. The van der Waals surface area contributed by atoms with Crippen molar-refractivity contribution in [3.8, 4) is 5.75 Å². The molecule has 1 aromatic rings. The summed E-state index contributed by atoms with van der Waals surface area (Å²) >= 11 is 8.52. The predicted octanol–water partition coefficient (Wildman–Crippen LogP) is 3.81. The highest BCUT2D eigenvalue weighted by Crippen LogP contribution is 2.40. The SMILES string of the molecule is CC1(C)CC(Oc2ccc(Br)cc2C(N)=S)C(C)(C)O1. The van der Waals surface area contributed by atoms with Gasteiger partial charge in [-0.2, -0.15) is 0 Å². The Labute approximate surface area is 134 Å². The summed E-state index contributed by atoms with van der Waals surface area (Å²) in [6.07, 6.45) is 0.791. The Morgan fingerprint density at radius 1 is 1.40 bits per heavy atom. The van der Waals surface area contributed by atoms with E-state index in [9.17, 15) is 0 Å². The molecule has 1 atom stereocenters. The van der Waals surface area contributed by atoms with E-state index in [1.807, 2.05) is 32.0 Å². The lowest BCUT2D eigenvalue weighted by Gasteiger charge is -2.28. The molecule has 0 radical (unpaired) electrons. The van der Waals surface area contributed by atoms with Gasteiger partial charge in [-0.15, -0.1) is 0 Å². The first-order chi connectivity index (χ1) is 9.11. The molecule has 0 saturated carbocycles. The second-order valence-corrected chi connectivity index (χ2v) is 7.64. The summed E-state index contributed by atoms with van der Waals surface area (Å²) < 4.78 is 13.1. The van der Waals surface area contributed by atoms with Crippen LogP contribution in [0.2, 0.25) is 0 Å². The zero-order valence-corrected chi connectivity index (χ0v) is 14.6. The van der Waals surface area contributed by atoms with Gasteiger partial charge in [-0.05, 0) is 45.9 Å². The monoisotopic (exact) mass is 357 g/mol. The minimum Gasteiger partial charge on any atom is -0.487 e. The van der Waals surface area contributed by atoms with Crippen LogP contribution in [0.4, 0.5) is 0 Å². The first kappa shape index (κ1) is 15.7. The number of rotatable bonds is 3. The topological polar surface area (TPSA) is 44.5 Å². The van der Waals surface area contributed by atoms with Gasteiger partial charge in [0.05, 0.1) is 11.2 Å². The summed E-state index contributed by atoms with van der Waals surface area (Å²) in [6.45, 7) is 8.25. The highest BCUT2D eigenvalue weighted by atomic mass is 79.9. The Balaban J connectivity index is 2.29. The summed E-state index contributed by atoms with van der Waals surface area (Å²) in [5, 5.41) is 0. The van der Waals surface area contributed by atoms with Crippen molar-refractivity contribution in [2.75, 3.05) is 0 Å². The average Bonchev–Trinajstić information content (AvgIpc) is 2.48. The lowest BCUT2D eigenvalue weighted by Crippen LogP contribution is -2.37. The Bertz CT molecular complexity index is 543. The molecule has 1 aliphatic heterocycles. The zero-order chi connectivity index (χ0) is 15.1. The van der Waals surface area contributed by atoms with E-state index in [2.05, 4.69) is 29.8 Å². The van der Waals surface area contributed by atoms with Crippen LogP contribution in [0.1, 0.15) is 39.7 Å². The van der Waals surface area contributed by atoms with Gasteiger partial charge in [0, 0.05) is 10.9 Å². The quantitative estimate of drug-likeness (QED) is 0.835. The molecule has 2 N–H and O–H groups in total. The lowest BCUT2D eigenvalue weighted by molar-refractivity contribution is -0.0846. The van der Waals surface area contributed by atoms with Crippen LogP contribution < -0.4 is 10.5 Å². The fourth-order valence-corrected chi connectivity index (χ4v) is 3.17. The predicted molar refractivity (Wildman–Crippen MR) is 88.3 cm³/mol. The van der Waals surface area contributed by atoms with Crippen LogP contribution in [-0.2, 0) is 4.74 Å². The molecule has 0 amide bonds. The second-order valence-electron chi connectivity index (χ2n) is 6.28. The van der Waals surface area contributed by atoms with Crippen molar-refractivity contribution >= 4 is 33.1 Å². The van der Waals surface area contributed by atoms with E-state index in [4.69, 9.17) is 27.4 Å². The highest BCUT2D eigenvalue weighted by molar-refractivity contribution is 9.10. The Morgan fingerprint density at radius 3 is 2.55 bits per heavy atom. The fraction of sp³-hybridized carbons (Fsp3) is 0.533. The molecule has 2 rings (SSSR count). The van der Waals surface area contributed by atoms with Gasteiger partial charge in [0.1, 0.15) is 22.4 Å². The van der Waals surface area contributed by atoms with Gasteiger partial charge in [-0.25, -0.2) is 0 Å². The van der Waals surface area contributed by atoms with Crippen molar-refractivity contribution in [3.05, 3.63) is 28.2 Å². The van der Waals surface area contributed by atoms with Crippen molar-refractivity contribution in [2.24, 2.45) is 5.73 Å². The number of ether oxygens (including phenoxy) is 2. The van der Waals surface area contributed by atoms with E-state index in [1.54, 1.807) is 0 Å². The minimum absolute atomic E-state index is 0.0354. The molecule has 0 spiro atoms. The van der Waals surface area contributed by atoms with Gasteiger partial charge < -0.3 is 15.2 Å². The molecule has 1 aliphatic rings. The molecule has 0 bridgehead atoms. The maximum Gasteiger partial charge on any atom is 0.130 e. The van der Waals surface area contributed by atoms with Gasteiger partial charge >= 0.3 is 0 Å². The molecule has 1 unspecified atom stereocenters. The number of hydrogen-bond donors (Lipinski definition) is 1. The van der Waals surface area contributed by atoms with Crippen LogP contribution in [0.15, 0.2) is 22.7 Å². The lowest BCUT2D eigenvalue weighted by atomic mass is 9.97. The van der Waals surface area contributed by atoms with Crippen molar-refractivity contribution < 1.29 is 9.47 Å². The van der Waals surface area contributed by atoms with E-state index >= 15 is 0 Å². The second kappa shape index (κ2) is 5.28. The van der Waals surface area contributed by atoms with E-state index in [0.717, 1.165) is 16.5 Å². The molecule has 20 heavy (non-hydrogen) atoms. The first-order valence-electron chi connectivity index (χ1n) is 6.57. The van der Waals surface area contributed by atoms with Gasteiger partial charge in [-0.3, -0.25) is 0 Å². The van der Waals surface area contributed by atoms with Crippen molar-refractivity contribution in [1.29, 1.82) is 0 Å².